The quantitative estimate of drug-likeness (QED) is 0.669. The van der Waals surface area contributed by atoms with Crippen molar-refractivity contribution in [2.45, 2.75) is 11.8 Å². The van der Waals surface area contributed by atoms with Crippen LogP contribution >= 0.6 is 11.8 Å². The molecule has 3 aromatic rings. The minimum atomic E-state index is -0.305. The highest BCUT2D eigenvalue weighted by atomic mass is 32.2. The largest absolute Gasteiger partial charge is 0.486 e. The fourth-order valence-electron chi connectivity index (χ4n) is 2.61. The lowest BCUT2D eigenvalue weighted by Crippen LogP contribution is -2.15. The summed E-state index contributed by atoms with van der Waals surface area (Å²) < 4.78 is 16.6. The molecule has 1 aliphatic rings. The van der Waals surface area contributed by atoms with Gasteiger partial charge in [0.2, 0.25) is 5.89 Å². The van der Waals surface area contributed by atoms with Crippen molar-refractivity contribution in [2.24, 2.45) is 0 Å². The number of anilines is 1. The van der Waals surface area contributed by atoms with Crippen LogP contribution in [0.3, 0.4) is 0 Å². The molecule has 0 bridgehead atoms. The Balaban J connectivity index is 1.47. The maximum absolute atomic E-state index is 12.3. The van der Waals surface area contributed by atoms with Crippen LogP contribution in [0.25, 0.3) is 11.5 Å². The SMILES string of the molecule is CCSc1ccc(C(=O)Nc2nnc(-c3ccc4c(c3)OCCO4)o2)cc1. The van der Waals surface area contributed by atoms with Gasteiger partial charge in [-0.1, -0.05) is 12.0 Å². The molecule has 2 heterocycles. The van der Waals surface area contributed by atoms with Gasteiger partial charge in [0, 0.05) is 16.0 Å². The maximum atomic E-state index is 12.3. The summed E-state index contributed by atoms with van der Waals surface area (Å²) in [5.41, 5.74) is 1.21. The van der Waals surface area contributed by atoms with Crippen molar-refractivity contribution in [1.29, 1.82) is 0 Å². The van der Waals surface area contributed by atoms with Gasteiger partial charge < -0.3 is 13.9 Å². The van der Waals surface area contributed by atoms with Crippen LogP contribution in [0, 0.1) is 0 Å². The van der Waals surface area contributed by atoms with Gasteiger partial charge >= 0.3 is 6.01 Å². The summed E-state index contributed by atoms with van der Waals surface area (Å²) in [5, 5.41) is 10.5. The molecule has 0 saturated carbocycles. The highest BCUT2D eigenvalue weighted by Gasteiger charge is 2.17. The normalized spacial score (nSPS) is 12.6. The van der Waals surface area contributed by atoms with E-state index in [0.29, 0.717) is 35.8 Å². The average molecular weight is 383 g/mol. The van der Waals surface area contributed by atoms with Crippen molar-refractivity contribution in [3.05, 3.63) is 48.0 Å². The van der Waals surface area contributed by atoms with E-state index in [2.05, 4.69) is 22.4 Å². The third kappa shape index (κ3) is 3.90. The molecule has 0 atom stereocenters. The Morgan fingerprint density at radius 1 is 1.07 bits per heavy atom. The molecule has 1 aromatic heterocycles. The number of carbonyl (C=O) groups excluding carboxylic acids is 1. The van der Waals surface area contributed by atoms with Gasteiger partial charge in [0.15, 0.2) is 11.5 Å². The van der Waals surface area contributed by atoms with Gasteiger partial charge in [-0.05, 0) is 48.2 Å². The van der Waals surface area contributed by atoms with Crippen molar-refractivity contribution in [2.75, 3.05) is 24.3 Å². The topological polar surface area (TPSA) is 86.5 Å². The summed E-state index contributed by atoms with van der Waals surface area (Å²) in [6.45, 7) is 3.11. The number of benzene rings is 2. The predicted molar refractivity (Wildman–Crippen MR) is 102 cm³/mol. The number of nitrogens with one attached hydrogen (secondary N) is 1. The van der Waals surface area contributed by atoms with Crippen molar-refractivity contribution in [3.63, 3.8) is 0 Å². The molecule has 0 radical (unpaired) electrons. The molecule has 0 saturated heterocycles. The Morgan fingerprint density at radius 2 is 1.85 bits per heavy atom. The lowest BCUT2D eigenvalue weighted by molar-refractivity contribution is 0.102. The second kappa shape index (κ2) is 7.71. The third-order valence-electron chi connectivity index (χ3n) is 3.86. The average Bonchev–Trinajstić information content (AvgIpc) is 3.17. The van der Waals surface area contributed by atoms with E-state index >= 15 is 0 Å². The molecule has 0 unspecified atom stereocenters. The summed E-state index contributed by atoms with van der Waals surface area (Å²) in [6, 6.07) is 12.8. The third-order valence-corrected chi connectivity index (χ3v) is 4.76. The number of ether oxygens (including phenoxy) is 2. The zero-order valence-electron chi connectivity index (χ0n) is 14.6. The van der Waals surface area contributed by atoms with Crippen molar-refractivity contribution >= 4 is 23.7 Å². The number of hydrogen-bond acceptors (Lipinski definition) is 7. The summed E-state index contributed by atoms with van der Waals surface area (Å²) in [6.07, 6.45) is 0. The first-order valence-corrected chi connectivity index (χ1v) is 9.49. The Morgan fingerprint density at radius 3 is 2.63 bits per heavy atom. The first-order chi connectivity index (χ1) is 13.2. The Kier molecular flexibility index (Phi) is 4.97. The van der Waals surface area contributed by atoms with E-state index in [9.17, 15) is 4.79 Å². The molecule has 138 valence electrons. The van der Waals surface area contributed by atoms with Gasteiger partial charge in [-0.3, -0.25) is 10.1 Å². The van der Waals surface area contributed by atoms with E-state index in [0.717, 1.165) is 10.6 Å². The van der Waals surface area contributed by atoms with Crippen LogP contribution in [-0.2, 0) is 0 Å². The van der Waals surface area contributed by atoms with Crippen LogP contribution in [0.15, 0.2) is 51.8 Å². The molecule has 7 nitrogen and oxygen atoms in total. The van der Waals surface area contributed by atoms with Crippen molar-refractivity contribution in [1.82, 2.24) is 10.2 Å². The van der Waals surface area contributed by atoms with Gasteiger partial charge in [-0.15, -0.1) is 16.9 Å². The predicted octanol–water partition coefficient (Wildman–Crippen LogP) is 3.87. The van der Waals surface area contributed by atoms with Gasteiger partial charge in [0.25, 0.3) is 5.91 Å². The van der Waals surface area contributed by atoms with Gasteiger partial charge in [0.1, 0.15) is 13.2 Å². The van der Waals surface area contributed by atoms with E-state index in [1.165, 1.54) is 0 Å². The number of rotatable bonds is 5. The molecule has 8 heteroatoms. The second-order valence-electron chi connectivity index (χ2n) is 5.68. The summed E-state index contributed by atoms with van der Waals surface area (Å²) in [7, 11) is 0. The van der Waals surface area contributed by atoms with Crippen LogP contribution in [-0.4, -0.2) is 35.1 Å². The van der Waals surface area contributed by atoms with Crippen molar-refractivity contribution < 1.29 is 18.7 Å². The molecule has 2 aromatic carbocycles. The fraction of sp³-hybridized carbons (Fsp3) is 0.211. The minimum Gasteiger partial charge on any atom is -0.486 e. The molecule has 0 spiro atoms. The summed E-state index contributed by atoms with van der Waals surface area (Å²) >= 11 is 1.72. The van der Waals surface area contributed by atoms with E-state index < -0.39 is 0 Å². The number of aromatic nitrogens is 2. The zero-order valence-corrected chi connectivity index (χ0v) is 15.4. The van der Waals surface area contributed by atoms with Crippen LogP contribution in [0.2, 0.25) is 0 Å². The molecule has 1 N–H and O–H groups in total. The standard InChI is InChI=1S/C19H17N3O4S/c1-2-27-14-6-3-12(4-7-14)17(23)20-19-22-21-18(26-19)13-5-8-15-16(11-13)25-10-9-24-15/h3-8,11H,2,9-10H2,1H3,(H,20,22,23). The van der Waals surface area contributed by atoms with E-state index in [-0.39, 0.29) is 17.8 Å². The minimum absolute atomic E-state index is 0.0388. The molecular weight excluding hydrogens is 366 g/mol. The lowest BCUT2D eigenvalue weighted by atomic mass is 10.2. The second-order valence-corrected chi connectivity index (χ2v) is 7.02. The Hall–Kier alpha value is -3.00. The molecular formula is C19H17N3O4S. The molecule has 4 rings (SSSR count). The zero-order chi connectivity index (χ0) is 18.6. The number of hydrogen-bond donors (Lipinski definition) is 1. The number of amides is 1. The van der Waals surface area contributed by atoms with Crippen LogP contribution < -0.4 is 14.8 Å². The monoisotopic (exact) mass is 383 g/mol. The summed E-state index contributed by atoms with van der Waals surface area (Å²) in [5.74, 6) is 2.28. The number of nitrogens with zero attached hydrogens (tertiary/aromatic N) is 2. The van der Waals surface area contributed by atoms with Crippen molar-refractivity contribution in [3.8, 4) is 23.0 Å². The highest BCUT2D eigenvalue weighted by Crippen LogP contribution is 2.34. The first kappa shape index (κ1) is 17.4. The Bertz CT molecular complexity index is 956. The van der Waals surface area contributed by atoms with E-state index in [1.807, 2.05) is 12.1 Å². The van der Waals surface area contributed by atoms with E-state index in [4.69, 9.17) is 13.9 Å². The number of thioether (sulfide) groups is 1. The molecule has 0 fully saturated rings. The fourth-order valence-corrected chi connectivity index (χ4v) is 3.27. The Labute approximate surface area is 160 Å². The van der Waals surface area contributed by atoms with Crippen LogP contribution in [0.1, 0.15) is 17.3 Å². The van der Waals surface area contributed by atoms with Crippen LogP contribution in [0.4, 0.5) is 6.01 Å². The molecule has 0 aliphatic carbocycles. The van der Waals surface area contributed by atoms with Gasteiger partial charge in [0.05, 0.1) is 0 Å². The smallest absolute Gasteiger partial charge is 0.322 e. The molecule has 1 aliphatic heterocycles. The number of fused-ring (bicyclic) bond motifs is 1. The molecule has 27 heavy (non-hydrogen) atoms. The first-order valence-electron chi connectivity index (χ1n) is 8.50. The highest BCUT2D eigenvalue weighted by molar-refractivity contribution is 7.99. The lowest BCUT2D eigenvalue weighted by Gasteiger charge is -2.18. The maximum Gasteiger partial charge on any atom is 0.322 e. The molecule has 1 amide bonds. The van der Waals surface area contributed by atoms with Gasteiger partial charge in [-0.25, -0.2) is 0 Å². The van der Waals surface area contributed by atoms with Gasteiger partial charge in [-0.2, -0.15) is 0 Å². The van der Waals surface area contributed by atoms with Crippen LogP contribution in [0.5, 0.6) is 11.5 Å². The van der Waals surface area contributed by atoms with E-state index in [1.54, 1.807) is 42.1 Å². The summed E-state index contributed by atoms with van der Waals surface area (Å²) in [4.78, 5) is 13.5. The number of carbonyl (C=O) groups is 1.